The van der Waals surface area contributed by atoms with E-state index in [9.17, 15) is 9.59 Å². The summed E-state index contributed by atoms with van der Waals surface area (Å²) in [6.45, 7) is 1.39. The molecular formula is C26H23NO4. The van der Waals surface area contributed by atoms with Gasteiger partial charge in [0.2, 0.25) is 6.10 Å². The molecule has 0 aliphatic carbocycles. The van der Waals surface area contributed by atoms with Gasteiger partial charge in [0.1, 0.15) is 17.4 Å². The minimum absolute atomic E-state index is 0.161. The number of carbonyl (C=O) groups is 2. The van der Waals surface area contributed by atoms with Gasteiger partial charge in [-0.05, 0) is 25.0 Å². The minimum Gasteiger partial charge on any atom is -0.457 e. The predicted molar refractivity (Wildman–Crippen MR) is 116 cm³/mol. The van der Waals surface area contributed by atoms with Crippen molar-refractivity contribution >= 4 is 11.9 Å². The maximum atomic E-state index is 13.6. The van der Waals surface area contributed by atoms with Crippen molar-refractivity contribution in [2.24, 2.45) is 0 Å². The molecule has 0 saturated carbocycles. The number of amides is 1. The number of ether oxygens (including phenoxy) is 2. The second-order valence-corrected chi connectivity index (χ2v) is 7.87. The highest BCUT2D eigenvalue weighted by Crippen LogP contribution is 2.45. The van der Waals surface area contributed by atoms with Crippen LogP contribution in [0.1, 0.15) is 41.6 Å². The van der Waals surface area contributed by atoms with Crippen LogP contribution in [-0.2, 0) is 14.3 Å². The third kappa shape index (κ3) is 3.67. The molecule has 5 heteroatoms. The van der Waals surface area contributed by atoms with Crippen molar-refractivity contribution in [3.05, 3.63) is 95.6 Å². The minimum atomic E-state index is -0.964. The number of nitrogens with zero attached hydrogens (tertiary/aromatic N) is 1. The van der Waals surface area contributed by atoms with Crippen LogP contribution in [0.2, 0.25) is 0 Å². The number of fused-ring (bicyclic) bond motifs is 2. The fourth-order valence-corrected chi connectivity index (χ4v) is 4.34. The van der Waals surface area contributed by atoms with E-state index in [4.69, 9.17) is 9.47 Å². The summed E-state index contributed by atoms with van der Waals surface area (Å²) in [7, 11) is 0. The molecule has 0 aromatic heterocycles. The summed E-state index contributed by atoms with van der Waals surface area (Å²) in [5, 5.41) is 0. The Labute approximate surface area is 181 Å². The summed E-state index contributed by atoms with van der Waals surface area (Å²) in [4.78, 5) is 28.6. The van der Waals surface area contributed by atoms with Crippen LogP contribution in [0.15, 0.2) is 78.9 Å². The van der Waals surface area contributed by atoms with Gasteiger partial charge in [-0.15, -0.1) is 0 Å². The van der Waals surface area contributed by atoms with Crippen molar-refractivity contribution in [1.82, 2.24) is 4.90 Å². The fourth-order valence-electron chi connectivity index (χ4n) is 4.34. The van der Waals surface area contributed by atoms with Gasteiger partial charge in [0.05, 0.1) is 0 Å². The van der Waals surface area contributed by atoms with Gasteiger partial charge in [0.15, 0.2) is 0 Å². The Morgan fingerprint density at radius 1 is 0.806 bits per heavy atom. The second kappa shape index (κ2) is 8.26. The second-order valence-electron chi connectivity index (χ2n) is 7.87. The summed E-state index contributed by atoms with van der Waals surface area (Å²) >= 11 is 0. The summed E-state index contributed by atoms with van der Waals surface area (Å²) in [5.74, 6) is -0.00965. The highest BCUT2D eigenvalue weighted by molar-refractivity contribution is 5.90. The average molecular weight is 413 g/mol. The van der Waals surface area contributed by atoms with Crippen LogP contribution in [0.25, 0.3) is 0 Å². The van der Waals surface area contributed by atoms with E-state index in [1.54, 1.807) is 4.90 Å². The zero-order chi connectivity index (χ0) is 21.2. The highest BCUT2D eigenvalue weighted by atomic mass is 16.5. The third-order valence-corrected chi connectivity index (χ3v) is 5.89. The first kappa shape index (κ1) is 19.4. The Hall–Kier alpha value is -3.60. The Balaban J connectivity index is 1.51. The lowest BCUT2D eigenvalue weighted by Crippen LogP contribution is -2.36. The monoisotopic (exact) mass is 413 g/mol. The van der Waals surface area contributed by atoms with Crippen molar-refractivity contribution in [2.75, 3.05) is 13.1 Å². The van der Waals surface area contributed by atoms with Gasteiger partial charge < -0.3 is 14.4 Å². The van der Waals surface area contributed by atoms with Crippen LogP contribution in [0.3, 0.4) is 0 Å². The lowest BCUT2D eigenvalue weighted by molar-refractivity contribution is -0.161. The van der Waals surface area contributed by atoms with Gasteiger partial charge in [-0.1, -0.05) is 66.7 Å². The molecular weight excluding hydrogens is 390 g/mol. The van der Waals surface area contributed by atoms with Crippen LogP contribution in [0.4, 0.5) is 0 Å². The molecule has 5 rings (SSSR count). The molecule has 0 radical (unpaired) electrons. The van der Waals surface area contributed by atoms with Crippen LogP contribution in [0, 0.1) is 0 Å². The number of hydrogen-bond donors (Lipinski definition) is 0. The van der Waals surface area contributed by atoms with E-state index in [1.807, 2.05) is 78.9 Å². The average Bonchev–Trinajstić information content (AvgIpc) is 3.36. The fraction of sp³-hybridized carbons (Fsp3) is 0.231. The number of rotatable bonds is 4. The number of para-hydroxylation sites is 2. The van der Waals surface area contributed by atoms with E-state index in [-0.39, 0.29) is 5.91 Å². The molecule has 3 aromatic carbocycles. The summed E-state index contributed by atoms with van der Waals surface area (Å²) in [6, 6.07) is 24.2. The van der Waals surface area contributed by atoms with Crippen molar-refractivity contribution in [3.8, 4) is 11.5 Å². The maximum Gasteiger partial charge on any atom is 0.319 e. The van der Waals surface area contributed by atoms with E-state index in [0.717, 1.165) is 24.0 Å². The molecule has 0 N–H and O–H groups in total. The smallest absolute Gasteiger partial charge is 0.319 e. The quantitative estimate of drug-likeness (QED) is 0.575. The standard InChI is InChI=1S/C26H23NO4/c28-25(27-16-8-9-17-27)24(18-10-2-1-3-11-18)31-26(29)23-19-12-4-6-14-21(19)30-22-15-7-5-13-20(22)23/h1-7,10-15,23-24H,8-9,16-17H2/t24-/m0/s1. The topological polar surface area (TPSA) is 55.8 Å². The van der Waals surface area contributed by atoms with Crippen LogP contribution >= 0.6 is 0 Å². The summed E-state index contributed by atoms with van der Waals surface area (Å²) in [6.07, 6.45) is 0.984. The van der Waals surface area contributed by atoms with E-state index in [2.05, 4.69) is 0 Å². The maximum absolute atomic E-state index is 13.6. The molecule has 0 unspecified atom stereocenters. The lowest BCUT2D eigenvalue weighted by atomic mass is 9.88. The molecule has 2 aliphatic heterocycles. The summed E-state index contributed by atoms with van der Waals surface area (Å²) < 4.78 is 12.0. The molecule has 1 amide bonds. The van der Waals surface area contributed by atoms with Gasteiger partial charge in [-0.2, -0.15) is 0 Å². The van der Waals surface area contributed by atoms with E-state index in [1.165, 1.54) is 0 Å². The van der Waals surface area contributed by atoms with Crippen molar-refractivity contribution < 1.29 is 19.1 Å². The Bertz CT molecular complexity index is 1060. The van der Waals surface area contributed by atoms with Gasteiger partial charge >= 0.3 is 5.97 Å². The number of carbonyl (C=O) groups excluding carboxylic acids is 2. The highest BCUT2D eigenvalue weighted by Gasteiger charge is 2.38. The van der Waals surface area contributed by atoms with E-state index < -0.39 is 18.0 Å². The molecule has 5 nitrogen and oxygen atoms in total. The number of hydrogen-bond acceptors (Lipinski definition) is 4. The van der Waals surface area contributed by atoms with Gasteiger partial charge in [0.25, 0.3) is 5.91 Å². The first-order valence-electron chi connectivity index (χ1n) is 10.6. The SMILES string of the molecule is O=C(O[C@H](C(=O)N1CCCC1)c1ccccc1)C1c2ccccc2Oc2ccccc21. The first-order chi connectivity index (χ1) is 15.2. The molecule has 2 aliphatic rings. The number of benzene rings is 3. The van der Waals surface area contributed by atoms with Gasteiger partial charge in [0, 0.05) is 29.8 Å². The number of likely N-dealkylation sites (tertiary alicyclic amines) is 1. The molecule has 0 bridgehead atoms. The van der Waals surface area contributed by atoms with Crippen LogP contribution in [0.5, 0.6) is 11.5 Å². The van der Waals surface area contributed by atoms with E-state index in [0.29, 0.717) is 30.2 Å². The zero-order valence-corrected chi connectivity index (χ0v) is 17.1. The molecule has 31 heavy (non-hydrogen) atoms. The molecule has 1 atom stereocenters. The molecule has 1 fully saturated rings. The zero-order valence-electron chi connectivity index (χ0n) is 17.1. The van der Waals surface area contributed by atoms with Crippen LogP contribution < -0.4 is 4.74 Å². The van der Waals surface area contributed by atoms with Crippen molar-refractivity contribution in [2.45, 2.75) is 24.9 Å². The predicted octanol–water partition coefficient (Wildman–Crippen LogP) is 4.83. The lowest BCUT2D eigenvalue weighted by Gasteiger charge is -2.29. The van der Waals surface area contributed by atoms with Gasteiger partial charge in [-0.25, -0.2) is 0 Å². The van der Waals surface area contributed by atoms with Gasteiger partial charge in [-0.3, -0.25) is 9.59 Å². The molecule has 1 saturated heterocycles. The molecule has 2 heterocycles. The molecule has 0 spiro atoms. The molecule has 156 valence electrons. The van der Waals surface area contributed by atoms with E-state index >= 15 is 0 Å². The Kier molecular flexibility index (Phi) is 5.16. The third-order valence-electron chi connectivity index (χ3n) is 5.89. The summed E-state index contributed by atoms with van der Waals surface area (Å²) in [5.41, 5.74) is 2.17. The number of esters is 1. The Morgan fingerprint density at radius 2 is 1.35 bits per heavy atom. The largest absolute Gasteiger partial charge is 0.457 e. The van der Waals surface area contributed by atoms with Crippen molar-refractivity contribution in [3.63, 3.8) is 0 Å². The molecule has 3 aromatic rings. The van der Waals surface area contributed by atoms with Crippen molar-refractivity contribution in [1.29, 1.82) is 0 Å². The first-order valence-corrected chi connectivity index (χ1v) is 10.6. The normalized spacial score (nSPS) is 16.1. The Morgan fingerprint density at radius 3 is 1.97 bits per heavy atom. The van der Waals surface area contributed by atoms with Crippen LogP contribution in [-0.4, -0.2) is 29.9 Å².